The molecule has 2 amide bonds. The Bertz CT molecular complexity index is 1470. The largest absolute Gasteiger partial charge is 0.490 e. The Morgan fingerprint density at radius 1 is 0.946 bits per heavy atom. The third kappa shape index (κ3) is 6.62. The molecule has 0 aliphatic heterocycles. The second kappa shape index (κ2) is 12.0. The van der Waals surface area contributed by atoms with Gasteiger partial charge in [-0.3, -0.25) is 9.59 Å². The third-order valence-electron chi connectivity index (χ3n) is 5.29. The summed E-state index contributed by atoms with van der Waals surface area (Å²) >= 11 is 5.68. The van der Waals surface area contributed by atoms with Gasteiger partial charge in [-0.15, -0.1) is 0 Å². The Labute approximate surface area is 217 Å². The van der Waals surface area contributed by atoms with Crippen molar-refractivity contribution in [3.8, 4) is 11.5 Å². The van der Waals surface area contributed by atoms with Gasteiger partial charge >= 0.3 is 11.8 Å². The van der Waals surface area contributed by atoms with Crippen LogP contribution in [-0.4, -0.2) is 24.6 Å². The van der Waals surface area contributed by atoms with Gasteiger partial charge in [-0.05, 0) is 65.2 Å². The first kappa shape index (κ1) is 25.7. The van der Waals surface area contributed by atoms with Crippen molar-refractivity contribution in [1.82, 2.24) is 5.43 Å². The molecule has 0 saturated carbocycles. The van der Waals surface area contributed by atoms with Crippen LogP contribution in [0.1, 0.15) is 18.1 Å². The van der Waals surface area contributed by atoms with Crippen LogP contribution >= 0.6 is 11.6 Å². The molecule has 0 spiro atoms. The highest BCUT2D eigenvalue weighted by Gasteiger charge is 2.14. The molecule has 0 radical (unpaired) electrons. The highest BCUT2D eigenvalue weighted by Crippen LogP contribution is 2.30. The smallest absolute Gasteiger partial charge is 0.329 e. The molecule has 4 aromatic carbocycles. The quantitative estimate of drug-likeness (QED) is 0.177. The average Bonchev–Trinajstić information content (AvgIpc) is 2.90. The van der Waals surface area contributed by atoms with Crippen molar-refractivity contribution in [2.45, 2.75) is 13.5 Å². The monoisotopic (exact) mass is 519 g/mol. The van der Waals surface area contributed by atoms with Crippen molar-refractivity contribution in [3.63, 3.8) is 0 Å². The summed E-state index contributed by atoms with van der Waals surface area (Å²) in [4.78, 5) is 24.1. The number of hydrogen-bond donors (Lipinski definition) is 2. The summed E-state index contributed by atoms with van der Waals surface area (Å²) in [6.07, 6.45) is 1.37. The molecule has 9 heteroatoms. The van der Waals surface area contributed by atoms with Gasteiger partial charge in [0.1, 0.15) is 12.4 Å². The Hall–Kier alpha value is -4.43. The van der Waals surface area contributed by atoms with Crippen molar-refractivity contribution in [2.24, 2.45) is 5.10 Å². The minimum atomic E-state index is -1.00. The molecular weight excluding hydrogens is 497 g/mol. The summed E-state index contributed by atoms with van der Waals surface area (Å²) in [6.45, 7) is 2.65. The second-order valence-corrected chi connectivity index (χ2v) is 8.26. The maximum absolute atomic E-state index is 13.2. The molecule has 0 aliphatic carbocycles. The summed E-state index contributed by atoms with van der Waals surface area (Å²) in [5, 5.41) is 8.23. The first-order chi connectivity index (χ1) is 17.9. The van der Waals surface area contributed by atoms with Crippen LogP contribution in [0.2, 0.25) is 5.02 Å². The summed E-state index contributed by atoms with van der Waals surface area (Å²) in [7, 11) is 0. The van der Waals surface area contributed by atoms with E-state index in [4.69, 9.17) is 21.1 Å². The highest BCUT2D eigenvalue weighted by molar-refractivity contribution is 6.39. The Kier molecular flexibility index (Phi) is 8.33. The predicted octanol–water partition coefficient (Wildman–Crippen LogP) is 5.70. The number of anilines is 1. The molecule has 188 valence electrons. The lowest BCUT2D eigenvalue weighted by Crippen LogP contribution is -2.32. The van der Waals surface area contributed by atoms with Crippen LogP contribution in [0.25, 0.3) is 10.8 Å². The molecule has 0 heterocycles. The molecule has 0 aliphatic rings. The minimum Gasteiger partial charge on any atom is -0.490 e. The lowest BCUT2D eigenvalue weighted by atomic mass is 10.1. The number of nitrogens with zero attached hydrogens (tertiary/aromatic N) is 1. The van der Waals surface area contributed by atoms with Crippen LogP contribution < -0.4 is 20.2 Å². The molecule has 0 atom stereocenters. The van der Waals surface area contributed by atoms with Gasteiger partial charge < -0.3 is 14.8 Å². The zero-order chi connectivity index (χ0) is 26.2. The number of hydrogen-bond acceptors (Lipinski definition) is 5. The van der Waals surface area contributed by atoms with Gasteiger partial charge in [0.25, 0.3) is 0 Å². The number of carbonyl (C=O) groups is 2. The van der Waals surface area contributed by atoms with Crippen LogP contribution in [0.5, 0.6) is 11.5 Å². The predicted molar refractivity (Wildman–Crippen MR) is 142 cm³/mol. The Balaban J connectivity index is 1.38. The van der Waals surface area contributed by atoms with Crippen molar-refractivity contribution < 1.29 is 23.5 Å². The maximum Gasteiger partial charge on any atom is 0.329 e. The number of halogens is 2. The molecule has 4 aromatic rings. The zero-order valence-corrected chi connectivity index (χ0v) is 20.6. The Morgan fingerprint density at radius 3 is 2.57 bits per heavy atom. The second-order valence-electron chi connectivity index (χ2n) is 7.85. The van der Waals surface area contributed by atoms with E-state index < -0.39 is 17.6 Å². The van der Waals surface area contributed by atoms with Crippen LogP contribution in [0.15, 0.2) is 84.0 Å². The molecule has 0 unspecified atom stereocenters. The fourth-order valence-electron chi connectivity index (χ4n) is 3.54. The van der Waals surface area contributed by atoms with Crippen molar-refractivity contribution >= 4 is 46.1 Å². The molecule has 37 heavy (non-hydrogen) atoms. The summed E-state index contributed by atoms with van der Waals surface area (Å²) < 4.78 is 25.0. The fraction of sp³-hybridized carbons (Fsp3) is 0.107. The number of rotatable bonds is 8. The van der Waals surface area contributed by atoms with Crippen molar-refractivity contribution in [3.05, 3.63) is 101 Å². The van der Waals surface area contributed by atoms with Crippen LogP contribution in [0, 0.1) is 5.82 Å². The summed E-state index contributed by atoms with van der Waals surface area (Å²) in [5.74, 6) is -1.54. The van der Waals surface area contributed by atoms with Gasteiger partial charge in [-0.25, -0.2) is 9.82 Å². The molecule has 2 N–H and O–H groups in total. The molecule has 7 nitrogen and oxygen atoms in total. The highest BCUT2D eigenvalue weighted by atomic mass is 35.5. The first-order valence-electron chi connectivity index (χ1n) is 11.4. The van der Waals surface area contributed by atoms with E-state index in [9.17, 15) is 14.0 Å². The van der Waals surface area contributed by atoms with Gasteiger partial charge in [0, 0.05) is 5.69 Å². The number of ether oxygens (including phenoxy) is 2. The Morgan fingerprint density at radius 2 is 1.76 bits per heavy atom. The van der Waals surface area contributed by atoms with E-state index >= 15 is 0 Å². The molecule has 0 aromatic heterocycles. The van der Waals surface area contributed by atoms with E-state index in [1.165, 1.54) is 18.3 Å². The number of fused-ring (bicyclic) bond motifs is 1. The van der Waals surface area contributed by atoms with E-state index in [2.05, 4.69) is 34.0 Å². The van der Waals surface area contributed by atoms with Gasteiger partial charge in [0.05, 0.1) is 17.8 Å². The molecule has 0 saturated heterocycles. The van der Waals surface area contributed by atoms with Crippen molar-refractivity contribution in [1.29, 1.82) is 0 Å². The molecule has 0 fully saturated rings. The summed E-state index contributed by atoms with van der Waals surface area (Å²) in [5.41, 5.74) is 3.99. The number of benzene rings is 4. The normalized spacial score (nSPS) is 10.9. The number of amides is 2. The number of nitrogens with one attached hydrogen (secondary N) is 2. The van der Waals surface area contributed by atoms with E-state index in [1.54, 1.807) is 18.2 Å². The first-order valence-corrected chi connectivity index (χ1v) is 11.8. The number of hydrazone groups is 1. The van der Waals surface area contributed by atoms with Gasteiger partial charge in [-0.2, -0.15) is 5.10 Å². The van der Waals surface area contributed by atoms with Crippen molar-refractivity contribution in [2.75, 3.05) is 11.9 Å². The fourth-order valence-corrected chi connectivity index (χ4v) is 3.72. The van der Waals surface area contributed by atoms with Crippen LogP contribution in [0.3, 0.4) is 0 Å². The summed E-state index contributed by atoms with van der Waals surface area (Å²) in [6, 6.07) is 23.0. The third-order valence-corrected chi connectivity index (χ3v) is 5.58. The maximum atomic E-state index is 13.2. The standard InChI is InChI=1S/C28H23ClFN3O4/c1-2-36-26-14-18(16-31-33-28(35)27(34)32-21-11-12-24(30)23(29)15-21)10-13-25(26)37-17-20-8-5-7-19-6-3-4-9-22(19)20/h3-16H,2,17H2,1H3,(H,32,34)(H,33,35)/b31-16+. The topological polar surface area (TPSA) is 89.0 Å². The lowest BCUT2D eigenvalue weighted by molar-refractivity contribution is -0.136. The van der Waals surface area contributed by atoms with Gasteiger partial charge in [0.2, 0.25) is 0 Å². The minimum absolute atomic E-state index is 0.175. The molecule has 0 bridgehead atoms. The SMILES string of the molecule is CCOc1cc(/C=N/NC(=O)C(=O)Nc2ccc(F)c(Cl)c2)ccc1OCc1cccc2ccccc12. The number of carbonyl (C=O) groups excluding carboxylic acids is 2. The van der Waals surface area contributed by atoms with E-state index in [-0.39, 0.29) is 10.7 Å². The average molecular weight is 520 g/mol. The molecule has 4 rings (SSSR count). The van der Waals surface area contributed by atoms with Gasteiger partial charge in [0.15, 0.2) is 11.5 Å². The van der Waals surface area contributed by atoms with Gasteiger partial charge in [-0.1, -0.05) is 54.1 Å². The van der Waals surface area contributed by atoms with E-state index in [0.29, 0.717) is 30.3 Å². The lowest BCUT2D eigenvalue weighted by Gasteiger charge is -2.13. The van der Waals surface area contributed by atoms with E-state index in [1.807, 2.05) is 31.2 Å². The molecular formula is C28H23ClFN3O4. The van der Waals surface area contributed by atoms with Crippen LogP contribution in [-0.2, 0) is 16.2 Å². The van der Waals surface area contributed by atoms with E-state index in [0.717, 1.165) is 22.4 Å². The van der Waals surface area contributed by atoms with Crippen LogP contribution in [0.4, 0.5) is 10.1 Å². The zero-order valence-electron chi connectivity index (χ0n) is 19.8.